The first-order valence-corrected chi connectivity index (χ1v) is 6.30. The number of amides is 1. The fraction of sp³-hybridized carbons (Fsp3) is 0.545. The average Bonchev–Trinajstić information content (AvgIpc) is 2.77. The summed E-state index contributed by atoms with van der Waals surface area (Å²) >= 11 is 3.28. The molecule has 5 nitrogen and oxygen atoms in total. The lowest BCUT2D eigenvalue weighted by molar-refractivity contribution is 0.0124. The Hall–Kier alpha value is -0.850. The van der Waals surface area contributed by atoms with Crippen LogP contribution in [0.5, 0.6) is 0 Å². The van der Waals surface area contributed by atoms with E-state index in [9.17, 15) is 9.90 Å². The molecule has 0 radical (unpaired) electrons. The van der Waals surface area contributed by atoms with Gasteiger partial charge < -0.3 is 20.1 Å². The summed E-state index contributed by atoms with van der Waals surface area (Å²) in [6.45, 7) is 1.06. The number of aromatic amines is 1. The maximum absolute atomic E-state index is 12.0. The average molecular weight is 303 g/mol. The third kappa shape index (κ3) is 2.88. The van der Waals surface area contributed by atoms with Crippen LogP contribution in [-0.4, -0.2) is 41.4 Å². The van der Waals surface area contributed by atoms with Crippen LogP contribution in [0.3, 0.4) is 0 Å². The molecule has 0 spiro atoms. The number of rotatable bonds is 3. The van der Waals surface area contributed by atoms with Crippen molar-refractivity contribution in [3.63, 3.8) is 0 Å². The van der Waals surface area contributed by atoms with Crippen molar-refractivity contribution in [2.75, 3.05) is 19.8 Å². The number of hydrogen-bond donors (Lipinski definition) is 3. The molecule has 0 aliphatic carbocycles. The number of ether oxygens (including phenoxy) is 1. The van der Waals surface area contributed by atoms with Gasteiger partial charge in [-0.05, 0) is 34.8 Å². The molecular formula is C11H15BrN2O3. The highest BCUT2D eigenvalue weighted by Gasteiger charge is 2.33. The van der Waals surface area contributed by atoms with Crippen LogP contribution in [-0.2, 0) is 4.74 Å². The molecule has 1 aliphatic heterocycles. The fourth-order valence-electron chi connectivity index (χ4n) is 1.89. The lowest BCUT2D eigenvalue weighted by Crippen LogP contribution is -2.54. The van der Waals surface area contributed by atoms with Gasteiger partial charge in [-0.15, -0.1) is 0 Å². The van der Waals surface area contributed by atoms with Gasteiger partial charge >= 0.3 is 0 Å². The summed E-state index contributed by atoms with van der Waals surface area (Å²) in [5, 5.41) is 12.3. The first-order chi connectivity index (χ1) is 8.15. The summed E-state index contributed by atoms with van der Waals surface area (Å²) in [5.41, 5.74) is -0.0661. The van der Waals surface area contributed by atoms with Gasteiger partial charge in [0, 0.05) is 23.9 Å². The summed E-state index contributed by atoms with van der Waals surface area (Å²) < 4.78 is 6.07. The molecule has 1 amide bonds. The van der Waals surface area contributed by atoms with Crippen molar-refractivity contribution in [1.82, 2.24) is 10.3 Å². The minimum Gasteiger partial charge on any atom is -0.394 e. The smallest absolute Gasteiger partial charge is 0.268 e. The molecular weight excluding hydrogens is 288 g/mol. The van der Waals surface area contributed by atoms with E-state index < -0.39 is 5.54 Å². The van der Waals surface area contributed by atoms with Crippen molar-refractivity contribution in [3.8, 4) is 0 Å². The standard InChI is InChI=1S/C11H15BrN2O3/c12-8-5-9(13-6-8)10(16)14-11(7-15)1-3-17-4-2-11/h5-6,13,15H,1-4,7H2,(H,14,16). The minimum atomic E-state index is -0.549. The number of aromatic nitrogens is 1. The van der Waals surface area contributed by atoms with E-state index in [0.29, 0.717) is 31.7 Å². The van der Waals surface area contributed by atoms with Crippen molar-refractivity contribution >= 4 is 21.8 Å². The Morgan fingerprint density at radius 3 is 2.82 bits per heavy atom. The normalized spacial score (nSPS) is 18.9. The summed E-state index contributed by atoms with van der Waals surface area (Å²) in [7, 11) is 0. The Balaban J connectivity index is 2.05. The van der Waals surface area contributed by atoms with E-state index >= 15 is 0 Å². The summed E-state index contributed by atoms with van der Waals surface area (Å²) in [6, 6.07) is 1.71. The fourth-order valence-corrected chi connectivity index (χ4v) is 2.24. The second kappa shape index (κ2) is 5.20. The molecule has 1 aromatic heterocycles. The van der Waals surface area contributed by atoms with Gasteiger partial charge in [0.2, 0.25) is 0 Å². The maximum atomic E-state index is 12.0. The summed E-state index contributed by atoms with van der Waals surface area (Å²) in [5.74, 6) is -0.202. The topological polar surface area (TPSA) is 74.3 Å². The van der Waals surface area contributed by atoms with Crippen LogP contribution >= 0.6 is 15.9 Å². The van der Waals surface area contributed by atoms with Gasteiger partial charge in [-0.3, -0.25) is 4.79 Å². The second-order valence-corrected chi connectivity index (χ2v) is 5.15. The molecule has 2 rings (SSSR count). The molecule has 0 unspecified atom stereocenters. The van der Waals surface area contributed by atoms with Gasteiger partial charge in [0.15, 0.2) is 0 Å². The third-order valence-electron chi connectivity index (χ3n) is 3.02. The number of halogens is 1. The Morgan fingerprint density at radius 2 is 2.29 bits per heavy atom. The SMILES string of the molecule is O=C(NC1(CO)CCOCC1)c1cc(Br)c[nH]1. The third-order valence-corrected chi connectivity index (χ3v) is 3.48. The van der Waals surface area contributed by atoms with Gasteiger partial charge in [0.05, 0.1) is 12.1 Å². The molecule has 0 bridgehead atoms. The van der Waals surface area contributed by atoms with Crippen molar-refractivity contribution in [2.45, 2.75) is 18.4 Å². The van der Waals surface area contributed by atoms with Crippen LogP contribution in [0, 0.1) is 0 Å². The molecule has 2 heterocycles. The van der Waals surface area contributed by atoms with Crippen LogP contribution < -0.4 is 5.32 Å². The van der Waals surface area contributed by atoms with Gasteiger partial charge in [0.25, 0.3) is 5.91 Å². The molecule has 17 heavy (non-hydrogen) atoms. The van der Waals surface area contributed by atoms with Crippen LogP contribution in [0.4, 0.5) is 0 Å². The number of aliphatic hydroxyl groups is 1. The number of nitrogens with one attached hydrogen (secondary N) is 2. The first kappa shape index (κ1) is 12.6. The Morgan fingerprint density at radius 1 is 1.59 bits per heavy atom. The molecule has 1 saturated heterocycles. The van der Waals surface area contributed by atoms with Crippen LogP contribution in [0.2, 0.25) is 0 Å². The van der Waals surface area contributed by atoms with E-state index in [4.69, 9.17) is 4.74 Å². The van der Waals surface area contributed by atoms with E-state index in [1.54, 1.807) is 12.3 Å². The number of hydrogen-bond acceptors (Lipinski definition) is 3. The van der Waals surface area contributed by atoms with Crippen LogP contribution in [0.1, 0.15) is 23.3 Å². The number of H-pyrrole nitrogens is 1. The summed E-state index contributed by atoms with van der Waals surface area (Å²) in [4.78, 5) is 14.8. The molecule has 1 aliphatic rings. The number of carbonyl (C=O) groups is 1. The molecule has 3 N–H and O–H groups in total. The van der Waals surface area contributed by atoms with E-state index in [-0.39, 0.29) is 12.5 Å². The first-order valence-electron chi connectivity index (χ1n) is 5.50. The van der Waals surface area contributed by atoms with Gasteiger partial charge in [0.1, 0.15) is 5.69 Å². The molecule has 0 atom stereocenters. The van der Waals surface area contributed by atoms with Crippen LogP contribution in [0.15, 0.2) is 16.7 Å². The van der Waals surface area contributed by atoms with Gasteiger partial charge in [-0.2, -0.15) is 0 Å². The van der Waals surface area contributed by atoms with E-state index in [2.05, 4.69) is 26.2 Å². The lowest BCUT2D eigenvalue weighted by Gasteiger charge is -2.36. The largest absolute Gasteiger partial charge is 0.394 e. The molecule has 1 aromatic rings. The van der Waals surface area contributed by atoms with Gasteiger partial charge in [-0.1, -0.05) is 0 Å². The van der Waals surface area contributed by atoms with Crippen molar-refractivity contribution < 1.29 is 14.6 Å². The minimum absolute atomic E-state index is 0.0655. The van der Waals surface area contributed by atoms with Crippen molar-refractivity contribution in [3.05, 3.63) is 22.4 Å². The molecule has 0 aromatic carbocycles. The lowest BCUT2D eigenvalue weighted by atomic mass is 9.91. The highest BCUT2D eigenvalue weighted by Crippen LogP contribution is 2.21. The maximum Gasteiger partial charge on any atom is 0.268 e. The van der Waals surface area contributed by atoms with Crippen molar-refractivity contribution in [1.29, 1.82) is 0 Å². The quantitative estimate of drug-likeness (QED) is 0.781. The Labute approximate surface area is 108 Å². The van der Waals surface area contributed by atoms with Crippen molar-refractivity contribution in [2.24, 2.45) is 0 Å². The van der Waals surface area contributed by atoms with Gasteiger partial charge in [-0.25, -0.2) is 0 Å². The zero-order valence-electron chi connectivity index (χ0n) is 9.33. The summed E-state index contributed by atoms with van der Waals surface area (Å²) in [6.07, 6.45) is 2.97. The Kier molecular flexibility index (Phi) is 3.86. The molecule has 0 saturated carbocycles. The zero-order valence-corrected chi connectivity index (χ0v) is 10.9. The van der Waals surface area contributed by atoms with Crippen LogP contribution in [0.25, 0.3) is 0 Å². The predicted octanol–water partition coefficient (Wildman–Crippen LogP) is 1.05. The highest BCUT2D eigenvalue weighted by molar-refractivity contribution is 9.10. The Bertz CT molecular complexity index is 399. The predicted molar refractivity (Wildman–Crippen MR) is 65.8 cm³/mol. The monoisotopic (exact) mass is 302 g/mol. The molecule has 1 fully saturated rings. The number of carbonyl (C=O) groups excluding carboxylic acids is 1. The molecule has 94 valence electrons. The van der Waals surface area contributed by atoms with E-state index in [1.807, 2.05) is 0 Å². The second-order valence-electron chi connectivity index (χ2n) is 4.24. The highest BCUT2D eigenvalue weighted by atomic mass is 79.9. The van der Waals surface area contributed by atoms with E-state index in [0.717, 1.165) is 4.47 Å². The van der Waals surface area contributed by atoms with E-state index in [1.165, 1.54) is 0 Å². The number of aliphatic hydroxyl groups excluding tert-OH is 1. The molecule has 6 heteroatoms. The zero-order chi connectivity index (χ0) is 12.3.